The van der Waals surface area contributed by atoms with E-state index in [0.29, 0.717) is 0 Å². The second-order valence-electron chi connectivity index (χ2n) is 4.27. The van der Waals surface area contributed by atoms with Crippen molar-refractivity contribution in [2.24, 2.45) is 0 Å². The first-order chi connectivity index (χ1) is 9.76. The van der Waals surface area contributed by atoms with Gasteiger partial charge in [0.15, 0.2) is 0 Å². The average Bonchev–Trinajstić information content (AvgIpc) is 2.38. The molecule has 1 N–H and O–H groups in total. The van der Waals surface area contributed by atoms with Crippen LogP contribution in [-0.4, -0.2) is 13.4 Å². The Bertz CT molecular complexity index is 716. The molecule has 0 bridgehead atoms. The highest BCUT2D eigenvalue weighted by molar-refractivity contribution is 7.91. The van der Waals surface area contributed by atoms with Crippen LogP contribution in [-0.2, 0) is 22.0 Å². The molecule has 0 saturated heterocycles. The van der Waals surface area contributed by atoms with Crippen molar-refractivity contribution < 1.29 is 21.6 Å². The van der Waals surface area contributed by atoms with Crippen molar-refractivity contribution in [3.05, 3.63) is 59.8 Å². The van der Waals surface area contributed by atoms with Crippen LogP contribution in [0.5, 0.6) is 0 Å². The molecule has 0 fully saturated rings. The van der Waals surface area contributed by atoms with Crippen molar-refractivity contribution in [3.63, 3.8) is 0 Å². The number of hydrogen-bond donors (Lipinski definition) is 1. The van der Waals surface area contributed by atoms with Gasteiger partial charge in [-0.05, 0) is 23.8 Å². The van der Waals surface area contributed by atoms with E-state index >= 15 is 0 Å². The summed E-state index contributed by atoms with van der Waals surface area (Å²) in [4.78, 5) is 3.79. The Kier molecular flexibility index (Phi) is 4.17. The summed E-state index contributed by atoms with van der Waals surface area (Å²) >= 11 is 0. The fourth-order valence-electron chi connectivity index (χ4n) is 1.68. The van der Waals surface area contributed by atoms with Gasteiger partial charge < -0.3 is 0 Å². The first kappa shape index (κ1) is 15.3. The lowest BCUT2D eigenvalue weighted by Gasteiger charge is -2.10. The number of nitrogens with zero attached hydrogens (tertiary/aromatic N) is 1. The first-order valence-corrected chi connectivity index (χ1v) is 7.49. The molecule has 1 aromatic carbocycles. The number of hydrogen-bond acceptors (Lipinski definition) is 3. The van der Waals surface area contributed by atoms with Crippen molar-refractivity contribution >= 4 is 15.8 Å². The Morgan fingerprint density at radius 3 is 2.48 bits per heavy atom. The molecule has 0 aliphatic heterocycles. The largest absolute Gasteiger partial charge is 0.416 e. The summed E-state index contributed by atoms with van der Waals surface area (Å²) in [6, 6.07) is 8.87. The first-order valence-electron chi connectivity index (χ1n) is 5.84. The minimum Gasteiger partial charge on any atom is -0.267 e. The normalized spacial score (nSPS) is 12.1. The number of alkyl halides is 3. The second kappa shape index (κ2) is 5.72. The third-order valence-corrected chi connectivity index (χ3v) is 3.77. The summed E-state index contributed by atoms with van der Waals surface area (Å²) < 4.78 is 63.7. The maximum absolute atomic E-state index is 12.6. The molecule has 1 heterocycles. The van der Waals surface area contributed by atoms with Crippen molar-refractivity contribution in [3.8, 4) is 0 Å². The van der Waals surface area contributed by atoms with Gasteiger partial charge in [-0.3, -0.25) is 4.72 Å². The number of anilines is 1. The van der Waals surface area contributed by atoms with Gasteiger partial charge in [-0.25, -0.2) is 13.4 Å². The maximum Gasteiger partial charge on any atom is 0.416 e. The molecular formula is C13H11F3N2O2S. The van der Waals surface area contributed by atoms with E-state index in [1.807, 2.05) is 0 Å². The minimum atomic E-state index is -4.51. The van der Waals surface area contributed by atoms with Crippen LogP contribution < -0.4 is 4.72 Å². The molecule has 21 heavy (non-hydrogen) atoms. The zero-order chi connectivity index (χ0) is 15.5. The number of nitrogens with one attached hydrogen (secondary N) is 1. The number of benzene rings is 1. The smallest absolute Gasteiger partial charge is 0.267 e. The van der Waals surface area contributed by atoms with Crippen LogP contribution >= 0.6 is 0 Å². The Morgan fingerprint density at radius 1 is 1.10 bits per heavy atom. The molecule has 0 spiro atoms. The standard InChI is InChI=1S/C13H11F3N2O2S/c14-13(15,16)11-5-3-4-10(8-11)9-21(19,20)18-12-6-1-2-7-17-12/h1-8H,9H2,(H,17,18). The lowest BCUT2D eigenvalue weighted by Crippen LogP contribution is -2.16. The van der Waals surface area contributed by atoms with E-state index in [1.165, 1.54) is 24.4 Å². The number of sulfonamides is 1. The summed E-state index contributed by atoms with van der Waals surface area (Å²) in [5, 5.41) is 0. The second-order valence-corrected chi connectivity index (χ2v) is 6.00. The SMILES string of the molecule is O=S(=O)(Cc1cccc(C(F)(F)F)c1)Nc1ccccn1. The predicted molar refractivity (Wildman–Crippen MR) is 71.9 cm³/mol. The molecule has 0 radical (unpaired) electrons. The minimum absolute atomic E-state index is 0.0493. The molecule has 0 aliphatic rings. The molecule has 112 valence electrons. The van der Waals surface area contributed by atoms with E-state index in [2.05, 4.69) is 9.71 Å². The Labute approximate surface area is 119 Å². The molecule has 0 saturated carbocycles. The summed E-state index contributed by atoms with van der Waals surface area (Å²) in [5.74, 6) is -0.447. The number of aromatic nitrogens is 1. The number of rotatable bonds is 4. The molecule has 2 aromatic rings. The van der Waals surface area contributed by atoms with Crippen LogP contribution in [0.2, 0.25) is 0 Å². The Balaban J connectivity index is 2.17. The third-order valence-electron chi connectivity index (χ3n) is 2.54. The highest BCUT2D eigenvalue weighted by Crippen LogP contribution is 2.29. The highest BCUT2D eigenvalue weighted by Gasteiger charge is 2.30. The van der Waals surface area contributed by atoms with Crippen LogP contribution in [0.3, 0.4) is 0 Å². The van der Waals surface area contributed by atoms with Crippen LogP contribution in [0, 0.1) is 0 Å². The molecule has 0 unspecified atom stereocenters. The summed E-state index contributed by atoms with van der Waals surface area (Å²) in [6.07, 6.45) is -3.10. The van der Waals surface area contributed by atoms with E-state index < -0.39 is 27.5 Å². The van der Waals surface area contributed by atoms with E-state index in [0.717, 1.165) is 12.1 Å². The van der Waals surface area contributed by atoms with E-state index in [-0.39, 0.29) is 11.4 Å². The van der Waals surface area contributed by atoms with Gasteiger partial charge in [-0.15, -0.1) is 0 Å². The molecule has 8 heteroatoms. The molecular weight excluding hydrogens is 305 g/mol. The number of pyridine rings is 1. The molecule has 0 amide bonds. The lowest BCUT2D eigenvalue weighted by atomic mass is 10.1. The third kappa shape index (κ3) is 4.45. The van der Waals surface area contributed by atoms with Crippen molar-refractivity contribution in [1.29, 1.82) is 0 Å². The van der Waals surface area contributed by atoms with Gasteiger partial charge >= 0.3 is 6.18 Å². The van der Waals surface area contributed by atoms with Gasteiger partial charge in [0.1, 0.15) is 5.82 Å². The fourth-order valence-corrected chi connectivity index (χ4v) is 2.81. The zero-order valence-electron chi connectivity index (χ0n) is 10.6. The van der Waals surface area contributed by atoms with Gasteiger partial charge in [-0.2, -0.15) is 13.2 Å². The zero-order valence-corrected chi connectivity index (χ0v) is 11.4. The van der Waals surface area contributed by atoms with Gasteiger partial charge in [0, 0.05) is 6.20 Å². The van der Waals surface area contributed by atoms with Gasteiger partial charge in [0.2, 0.25) is 10.0 Å². The summed E-state index contributed by atoms with van der Waals surface area (Å²) in [6.45, 7) is 0. The average molecular weight is 316 g/mol. The molecule has 0 atom stereocenters. The Hall–Kier alpha value is -2.09. The van der Waals surface area contributed by atoms with Crippen LogP contribution in [0.15, 0.2) is 48.7 Å². The monoisotopic (exact) mass is 316 g/mol. The van der Waals surface area contributed by atoms with Gasteiger partial charge in [-0.1, -0.05) is 24.3 Å². The van der Waals surface area contributed by atoms with Crippen LogP contribution in [0.25, 0.3) is 0 Å². The topological polar surface area (TPSA) is 59.1 Å². The summed E-state index contributed by atoms with van der Waals surface area (Å²) in [5.41, 5.74) is -0.832. The molecule has 2 rings (SSSR count). The molecule has 4 nitrogen and oxygen atoms in total. The number of halogens is 3. The van der Waals surface area contributed by atoms with Crippen molar-refractivity contribution in [2.45, 2.75) is 11.9 Å². The van der Waals surface area contributed by atoms with Gasteiger partial charge in [0.05, 0.1) is 11.3 Å². The Morgan fingerprint density at radius 2 is 1.86 bits per heavy atom. The quantitative estimate of drug-likeness (QED) is 0.943. The fraction of sp³-hybridized carbons (Fsp3) is 0.154. The highest BCUT2D eigenvalue weighted by atomic mass is 32.2. The van der Waals surface area contributed by atoms with Crippen LogP contribution in [0.1, 0.15) is 11.1 Å². The molecule has 1 aromatic heterocycles. The molecule has 0 aliphatic carbocycles. The van der Waals surface area contributed by atoms with Gasteiger partial charge in [0.25, 0.3) is 0 Å². The predicted octanol–water partition coefficient (Wildman–Crippen LogP) is 3.04. The van der Waals surface area contributed by atoms with Crippen molar-refractivity contribution in [1.82, 2.24) is 4.98 Å². The van der Waals surface area contributed by atoms with E-state index in [4.69, 9.17) is 0 Å². The maximum atomic E-state index is 12.6. The van der Waals surface area contributed by atoms with Crippen molar-refractivity contribution in [2.75, 3.05) is 4.72 Å². The van der Waals surface area contributed by atoms with E-state index in [9.17, 15) is 21.6 Å². The lowest BCUT2D eigenvalue weighted by molar-refractivity contribution is -0.137. The van der Waals surface area contributed by atoms with E-state index in [1.54, 1.807) is 12.1 Å². The van der Waals surface area contributed by atoms with Crippen LogP contribution in [0.4, 0.5) is 19.0 Å². The summed E-state index contributed by atoms with van der Waals surface area (Å²) in [7, 11) is -3.83.